The molecular formula is C13H21NOS. The van der Waals surface area contributed by atoms with Crippen LogP contribution in [0, 0.1) is 0 Å². The fourth-order valence-electron chi connectivity index (χ4n) is 2.39. The van der Waals surface area contributed by atoms with Gasteiger partial charge in [0.15, 0.2) is 0 Å². The molecule has 0 amide bonds. The van der Waals surface area contributed by atoms with Crippen LogP contribution in [-0.4, -0.2) is 18.8 Å². The van der Waals surface area contributed by atoms with E-state index in [-0.39, 0.29) is 5.60 Å². The Kier molecular flexibility index (Phi) is 4.00. The summed E-state index contributed by atoms with van der Waals surface area (Å²) < 4.78 is 5.97. The largest absolute Gasteiger partial charge is 0.373 e. The van der Waals surface area contributed by atoms with E-state index in [4.69, 9.17) is 4.74 Å². The van der Waals surface area contributed by atoms with Gasteiger partial charge >= 0.3 is 0 Å². The SMILES string of the molecule is CCCNC(c1cccs1)C1(C)CCCO1. The van der Waals surface area contributed by atoms with E-state index in [1.807, 2.05) is 11.3 Å². The summed E-state index contributed by atoms with van der Waals surface area (Å²) in [6.07, 6.45) is 3.51. The predicted molar refractivity (Wildman–Crippen MR) is 68.9 cm³/mol. The highest BCUT2D eigenvalue weighted by molar-refractivity contribution is 7.10. The first kappa shape index (κ1) is 12.1. The van der Waals surface area contributed by atoms with Gasteiger partial charge in [0.05, 0.1) is 11.6 Å². The summed E-state index contributed by atoms with van der Waals surface area (Å²) in [6.45, 7) is 6.41. The van der Waals surface area contributed by atoms with Gasteiger partial charge < -0.3 is 10.1 Å². The molecule has 2 atom stereocenters. The lowest BCUT2D eigenvalue weighted by molar-refractivity contribution is -0.0115. The van der Waals surface area contributed by atoms with Gasteiger partial charge in [-0.05, 0) is 44.2 Å². The summed E-state index contributed by atoms with van der Waals surface area (Å²) in [4.78, 5) is 1.40. The van der Waals surface area contributed by atoms with E-state index in [0.29, 0.717) is 6.04 Å². The second-order valence-electron chi connectivity index (χ2n) is 4.67. The first-order valence-corrected chi connectivity index (χ1v) is 7.05. The van der Waals surface area contributed by atoms with Crippen LogP contribution in [0.15, 0.2) is 17.5 Å². The average molecular weight is 239 g/mol. The van der Waals surface area contributed by atoms with Crippen molar-refractivity contribution in [3.8, 4) is 0 Å². The number of hydrogen-bond acceptors (Lipinski definition) is 3. The number of thiophene rings is 1. The van der Waals surface area contributed by atoms with Crippen LogP contribution in [0.4, 0.5) is 0 Å². The van der Waals surface area contributed by atoms with Gasteiger partial charge in [-0.3, -0.25) is 0 Å². The summed E-state index contributed by atoms with van der Waals surface area (Å²) in [5.74, 6) is 0. The van der Waals surface area contributed by atoms with Crippen molar-refractivity contribution >= 4 is 11.3 Å². The summed E-state index contributed by atoms with van der Waals surface area (Å²) in [7, 11) is 0. The van der Waals surface area contributed by atoms with Crippen molar-refractivity contribution in [2.75, 3.05) is 13.2 Å². The molecule has 0 bridgehead atoms. The number of hydrogen-bond donors (Lipinski definition) is 1. The lowest BCUT2D eigenvalue weighted by Crippen LogP contribution is -2.41. The summed E-state index contributed by atoms with van der Waals surface area (Å²) >= 11 is 1.82. The number of nitrogens with one attached hydrogen (secondary N) is 1. The van der Waals surface area contributed by atoms with Crippen LogP contribution in [0.25, 0.3) is 0 Å². The Morgan fingerprint density at radius 2 is 2.50 bits per heavy atom. The van der Waals surface area contributed by atoms with E-state index < -0.39 is 0 Å². The summed E-state index contributed by atoms with van der Waals surface area (Å²) in [5, 5.41) is 5.79. The first-order valence-electron chi connectivity index (χ1n) is 6.17. The maximum atomic E-state index is 5.97. The van der Waals surface area contributed by atoms with Crippen molar-refractivity contribution in [3.05, 3.63) is 22.4 Å². The van der Waals surface area contributed by atoms with Gasteiger partial charge in [0.25, 0.3) is 0 Å². The summed E-state index contributed by atoms with van der Waals surface area (Å²) in [5.41, 5.74) is -0.0139. The molecule has 1 saturated heterocycles. The van der Waals surface area contributed by atoms with Gasteiger partial charge in [0.1, 0.15) is 0 Å². The molecule has 90 valence electrons. The zero-order valence-corrected chi connectivity index (χ0v) is 11.0. The molecule has 2 heterocycles. The van der Waals surface area contributed by atoms with Gasteiger partial charge in [-0.15, -0.1) is 11.3 Å². The highest BCUT2D eigenvalue weighted by Gasteiger charge is 2.39. The van der Waals surface area contributed by atoms with Crippen molar-refractivity contribution in [1.82, 2.24) is 5.32 Å². The molecule has 1 fully saturated rings. The molecule has 0 radical (unpaired) electrons. The molecule has 16 heavy (non-hydrogen) atoms. The van der Waals surface area contributed by atoms with Crippen LogP contribution < -0.4 is 5.32 Å². The average Bonchev–Trinajstić information content (AvgIpc) is 2.91. The quantitative estimate of drug-likeness (QED) is 0.850. The normalized spacial score (nSPS) is 27.1. The third-order valence-electron chi connectivity index (χ3n) is 3.29. The van der Waals surface area contributed by atoms with Crippen LogP contribution in [-0.2, 0) is 4.74 Å². The third-order valence-corrected chi connectivity index (χ3v) is 4.22. The maximum Gasteiger partial charge on any atom is 0.0857 e. The number of ether oxygens (including phenoxy) is 1. The minimum Gasteiger partial charge on any atom is -0.373 e. The van der Waals surface area contributed by atoms with Gasteiger partial charge in [-0.2, -0.15) is 0 Å². The van der Waals surface area contributed by atoms with Crippen LogP contribution in [0.3, 0.4) is 0 Å². The molecule has 1 aromatic heterocycles. The Labute approximate surface area is 102 Å². The van der Waals surface area contributed by atoms with E-state index in [1.54, 1.807) is 0 Å². The van der Waals surface area contributed by atoms with E-state index >= 15 is 0 Å². The van der Waals surface area contributed by atoms with Gasteiger partial charge in [-0.25, -0.2) is 0 Å². The van der Waals surface area contributed by atoms with E-state index in [9.17, 15) is 0 Å². The topological polar surface area (TPSA) is 21.3 Å². The molecule has 0 aliphatic carbocycles. The second-order valence-corrected chi connectivity index (χ2v) is 5.65. The fraction of sp³-hybridized carbons (Fsp3) is 0.692. The molecule has 2 unspecified atom stereocenters. The lowest BCUT2D eigenvalue weighted by atomic mass is 9.92. The molecule has 0 spiro atoms. The highest BCUT2D eigenvalue weighted by Crippen LogP contribution is 2.38. The van der Waals surface area contributed by atoms with Crippen molar-refractivity contribution in [2.45, 2.75) is 44.8 Å². The molecular weight excluding hydrogens is 218 g/mol. The van der Waals surface area contributed by atoms with Crippen LogP contribution in [0.1, 0.15) is 44.0 Å². The van der Waals surface area contributed by atoms with Gasteiger partial charge in [0, 0.05) is 11.5 Å². The van der Waals surface area contributed by atoms with Crippen LogP contribution in [0.5, 0.6) is 0 Å². The monoisotopic (exact) mass is 239 g/mol. The highest BCUT2D eigenvalue weighted by atomic mass is 32.1. The van der Waals surface area contributed by atoms with Gasteiger partial charge in [0.2, 0.25) is 0 Å². The Bertz CT molecular complexity index is 304. The minimum atomic E-state index is -0.0139. The van der Waals surface area contributed by atoms with Gasteiger partial charge in [-0.1, -0.05) is 13.0 Å². The Morgan fingerprint density at radius 3 is 3.06 bits per heavy atom. The van der Waals surface area contributed by atoms with Crippen LogP contribution >= 0.6 is 11.3 Å². The van der Waals surface area contributed by atoms with Crippen molar-refractivity contribution in [1.29, 1.82) is 0 Å². The lowest BCUT2D eigenvalue weighted by Gasteiger charge is -2.33. The van der Waals surface area contributed by atoms with E-state index in [0.717, 1.165) is 26.0 Å². The molecule has 0 aromatic carbocycles. The zero-order chi connectivity index (χ0) is 11.4. The molecule has 2 rings (SSSR count). The first-order chi connectivity index (χ1) is 7.76. The molecule has 1 N–H and O–H groups in total. The molecule has 1 aliphatic rings. The molecule has 0 saturated carbocycles. The van der Waals surface area contributed by atoms with E-state index in [1.165, 1.54) is 11.3 Å². The smallest absolute Gasteiger partial charge is 0.0857 e. The predicted octanol–water partition coefficient (Wildman–Crippen LogP) is 3.36. The number of rotatable bonds is 5. The molecule has 3 heteroatoms. The summed E-state index contributed by atoms with van der Waals surface area (Å²) in [6, 6.07) is 4.69. The third kappa shape index (κ3) is 2.47. The van der Waals surface area contributed by atoms with Crippen molar-refractivity contribution in [2.24, 2.45) is 0 Å². The molecule has 1 aromatic rings. The second kappa shape index (κ2) is 5.30. The van der Waals surface area contributed by atoms with Crippen LogP contribution in [0.2, 0.25) is 0 Å². The van der Waals surface area contributed by atoms with Crippen molar-refractivity contribution < 1.29 is 4.74 Å². The Morgan fingerprint density at radius 1 is 1.62 bits per heavy atom. The Balaban J connectivity index is 2.14. The minimum absolute atomic E-state index is 0.0139. The maximum absolute atomic E-state index is 5.97. The molecule has 1 aliphatic heterocycles. The fourth-order valence-corrected chi connectivity index (χ4v) is 3.33. The van der Waals surface area contributed by atoms with E-state index in [2.05, 4.69) is 36.7 Å². The zero-order valence-electron chi connectivity index (χ0n) is 10.2. The van der Waals surface area contributed by atoms with Crippen molar-refractivity contribution in [3.63, 3.8) is 0 Å². The Hall–Kier alpha value is -0.380. The molecule has 2 nitrogen and oxygen atoms in total. The standard InChI is InChI=1S/C13H21NOS/c1-3-8-14-12(11-6-4-10-16-11)13(2)7-5-9-15-13/h4,6,10,12,14H,3,5,7-9H2,1-2H3.